The van der Waals surface area contributed by atoms with Crippen molar-refractivity contribution in [1.82, 2.24) is 9.80 Å². The van der Waals surface area contributed by atoms with Crippen molar-refractivity contribution in [2.75, 3.05) is 20.2 Å². The molecular weight excluding hydrogens is 601 g/mol. The van der Waals surface area contributed by atoms with Gasteiger partial charge in [-0.25, -0.2) is 0 Å². The van der Waals surface area contributed by atoms with E-state index >= 15 is 0 Å². The molecule has 0 fully saturated rings. The fraction of sp³-hybridized carbons (Fsp3) is 0.467. The predicted octanol–water partition coefficient (Wildman–Crippen LogP) is 11.0. The molecule has 4 aromatic carbocycles. The number of ether oxygens (including phenoxy) is 1. The van der Waals surface area contributed by atoms with Gasteiger partial charge in [-0.15, -0.1) is 0 Å². The van der Waals surface area contributed by atoms with E-state index in [1.807, 2.05) is 18.2 Å². The van der Waals surface area contributed by atoms with Crippen LogP contribution in [0.2, 0.25) is 0 Å². The summed E-state index contributed by atoms with van der Waals surface area (Å²) in [5.41, 5.74) is 7.43. The highest BCUT2D eigenvalue weighted by Gasteiger charge is 2.23. The summed E-state index contributed by atoms with van der Waals surface area (Å²) in [6.45, 7) is 24.5. The van der Waals surface area contributed by atoms with Crippen molar-refractivity contribution in [2.45, 2.75) is 118 Å². The molecule has 0 spiro atoms. The Morgan fingerprint density at radius 2 is 0.918 bits per heavy atom. The molecule has 0 bridgehead atoms. The second-order valence-electron chi connectivity index (χ2n) is 14.7. The minimum Gasteiger partial charge on any atom is -0.508 e. The number of phenolic OH excluding ortho intramolecular Hbond substituents is 1. The number of phenols is 1. The van der Waals surface area contributed by atoms with Gasteiger partial charge in [0.2, 0.25) is 0 Å². The topological polar surface area (TPSA) is 35.9 Å². The smallest absolute Gasteiger partial charge is 0.122 e. The van der Waals surface area contributed by atoms with E-state index in [9.17, 15) is 5.11 Å². The minimum absolute atomic E-state index is 0.214. The highest BCUT2D eigenvalue weighted by atomic mass is 16.5. The van der Waals surface area contributed by atoms with Crippen LogP contribution in [0.1, 0.15) is 113 Å². The molecule has 4 nitrogen and oxygen atoms in total. The van der Waals surface area contributed by atoms with Gasteiger partial charge in [0.1, 0.15) is 11.5 Å². The van der Waals surface area contributed by atoms with Crippen molar-refractivity contribution in [1.29, 1.82) is 0 Å². The zero-order valence-corrected chi connectivity index (χ0v) is 32.3. The predicted molar refractivity (Wildman–Crippen MR) is 210 cm³/mol. The lowest BCUT2D eigenvalue weighted by Crippen LogP contribution is -2.38. The monoisotopic (exact) mass is 664 g/mol. The number of aromatic hydroxyl groups is 1. The summed E-state index contributed by atoms with van der Waals surface area (Å²) < 4.78 is 5.69. The number of aryl methyl sites for hydroxylation is 2. The lowest BCUT2D eigenvalue weighted by atomic mass is 9.86. The van der Waals surface area contributed by atoms with E-state index in [0.717, 1.165) is 37.2 Å². The van der Waals surface area contributed by atoms with Crippen molar-refractivity contribution < 1.29 is 9.84 Å². The van der Waals surface area contributed by atoms with Crippen LogP contribution in [-0.4, -0.2) is 59.3 Å². The van der Waals surface area contributed by atoms with Gasteiger partial charge in [-0.2, -0.15) is 0 Å². The molecule has 4 rings (SSSR count). The maximum absolute atomic E-state index is 10.4. The van der Waals surface area contributed by atoms with Crippen LogP contribution >= 0.6 is 0 Å². The maximum atomic E-state index is 10.4. The number of rotatable bonds is 15. The summed E-state index contributed by atoms with van der Waals surface area (Å²) in [7, 11) is 1.77. The zero-order chi connectivity index (χ0) is 36.1. The molecule has 4 aromatic rings. The van der Waals surface area contributed by atoms with Crippen LogP contribution in [0.4, 0.5) is 0 Å². The number of hydrogen-bond donors (Lipinski definition) is 1. The number of hydrogen-bond acceptors (Lipinski definition) is 4. The summed E-state index contributed by atoms with van der Waals surface area (Å²) in [6.07, 6.45) is 2.08. The van der Waals surface area contributed by atoms with Crippen molar-refractivity contribution in [3.8, 4) is 11.5 Å². The Morgan fingerprint density at radius 1 is 0.531 bits per heavy atom. The molecule has 0 aromatic heterocycles. The molecule has 0 aliphatic heterocycles. The molecule has 0 saturated heterocycles. The van der Waals surface area contributed by atoms with Gasteiger partial charge in [0.15, 0.2) is 0 Å². The molecule has 2 unspecified atom stereocenters. The van der Waals surface area contributed by atoms with Gasteiger partial charge in [-0.05, 0) is 118 Å². The third kappa shape index (κ3) is 11.8. The summed E-state index contributed by atoms with van der Waals surface area (Å²) in [6, 6.07) is 35.9. The van der Waals surface area contributed by atoms with Gasteiger partial charge in [0.05, 0.1) is 7.11 Å². The normalized spacial score (nSPS) is 12.9. The van der Waals surface area contributed by atoms with Gasteiger partial charge in [0, 0.05) is 47.1 Å². The molecule has 266 valence electrons. The van der Waals surface area contributed by atoms with E-state index in [2.05, 4.69) is 158 Å². The Bertz CT molecular complexity index is 1500. The van der Waals surface area contributed by atoms with E-state index < -0.39 is 0 Å². The molecule has 0 aliphatic rings. The van der Waals surface area contributed by atoms with Crippen molar-refractivity contribution in [2.24, 2.45) is 0 Å². The van der Waals surface area contributed by atoms with Crippen molar-refractivity contribution in [3.63, 3.8) is 0 Å². The lowest BCUT2D eigenvalue weighted by molar-refractivity contribution is 0.170. The third-order valence-corrected chi connectivity index (χ3v) is 9.73. The van der Waals surface area contributed by atoms with Gasteiger partial charge in [0.25, 0.3) is 0 Å². The standard InChI is InChI=1S/C23H33NO.C22H31NO/c1-17(2)24(18(3)4)15-14-21(20-10-8-7-9-11-20)22-16-19(5)12-13-23(22)25-6;1-16(2)23(17(3)4)14-13-20(19-9-7-6-8-10-19)21-15-18(5)11-12-22(21)24/h7-13,16-18,21H,14-15H2,1-6H3;6-12,15-17,20,24H,13-14H2,1-5H3. The largest absolute Gasteiger partial charge is 0.508 e. The summed E-state index contributed by atoms with van der Waals surface area (Å²) in [5.74, 6) is 1.94. The first-order valence-electron chi connectivity index (χ1n) is 18.4. The third-order valence-electron chi connectivity index (χ3n) is 9.73. The molecule has 49 heavy (non-hydrogen) atoms. The lowest BCUT2D eigenvalue weighted by Gasteiger charge is -2.32. The average Bonchev–Trinajstić information content (AvgIpc) is 3.07. The molecule has 0 heterocycles. The number of nitrogens with zero attached hydrogens (tertiary/aromatic N) is 2. The molecule has 0 amide bonds. The number of methoxy groups -OCH3 is 1. The first-order chi connectivity index (χ1) is 23.3. The first kappa shape index (κ1) is 39.8. The van der Waals surface area contributed by atoms with Crippen LogP contribution in [-0.2, 0) is 0 Å². The van der Waals surface area contributed by atoms with E-state index in [-0.39, 0.29) is 5.92 Å². The highest BCUT2D eigenvalue weighted by molar-refractivity contribution is 5.45. The summed E-state index contributed by atoms with van der Waals surface area (Å²) in [5, 5.41) is 10.4. The minimum atomic E-state index is 0.214. The Hall–Kier alpha value is -3.60. The molecule has 0 radical (unpaired) electrons. The van der Waals surface area contributed by atoms with E-state index in [1.54, 1.807) is 7.11 Å². The molecule has 1 N–H and O–H groups in total. The van der Waals surface area contributed by atoms with Gasteiger partial charge < -0.3 is 9.84 Å². The first-order valence-corrected chi connectivity index (χ1v) is 18.4. The Labute approximate surface area is 299 Å². The Kier molecular flexibility index (Phi) is 15.9. The zero-order valence-electron chi connectivity index (χ0n) is 32.3. The van der Waals surface area contributed by atoms with Gasteiger partial charge in [-0.1, -0.05) is 96.1 Å². The summed E-state index contributed by atoms with van der Waals surface area (Å²) >= 11 is 0. The van der Waals surface area contributed by atoms with Gasteiger partial charge >= 0.3 is 0 Å². The summed E-state index contributed by atoms with van der Waals surface area (Å²) in [4.78, 5) is 5.08. The van der Waals surface area contributed by atoms with E-state index in [4.69, 9.17) is 4.74 Å². The quantitative estimate of drug-likeness (QED) is 0.137. The van der Waals surface area contributed by atoms with Gasteiger partial charge in [-0.3, -0.25) is 9.80 Å². The van der Waals surface area contributed by atoms with E-state index in [1.165, 1.54) is 27.8 Å². The second-order valence-corrected chi connectivity index (χ2v) is 14.7. The van der Waals surface area contributed by atoms with Crippen molar-refractivity contribution in [3.05, 3.63) is 130 Å². The fourth-order valence-electron chi connectivity index (χ4n) is 7.23. The Morgan fingerprint density at radius 3 is 1.33 bits per heavy atom. The van der Waals surface area contributed by atoms with Crippen LogP contribution in [0.5, 0.6) is 11.5 Å². The second kappa shape index (κ2) is 19.6. The Balaban J connectivity index is 0.000000266. The SMILES string of the molecule is COc1ccc(C)cc1C(CCN(C(C)C)C(C)C)c1ccccc1.Cc1ccc(O)c(C(CCN(C(C)C)C(C)C)c2ccccc2)c1. The molecule has 4 heteroatoms. The van der Waals surface area contributed by atoms with Crippen LogP contribution in [0, 0.1) is 13.8 Å². The van der Waals surface area contributed by atoms with Crippen LogP contribution in [0.3, 0.4) is 0 Å². The molecular formula is C45H64N2O2. The molecule has 0 aliphatic carbocycles. The molecule has 2 atom stereocenters. The highest BCUT2D eigenvalue weighted by Crippen LogP contribution is 2.36. The van der Waals surface area contributed by atoms with Crippen LogP contribution < -0.4 is 4.74 Å². The van der Waals surface area contributed by atoms with Crippen LogP contribution in [0.25, 0.3) is 0 Å². The van der Waals surface area contributed by atoms with E-state index in [0.29, 0.717) is 35.8 Å². The maximum Gasteiger partial charge on any atom is 0.122 e. The fourth-order valence-corrected chi connectivity index (χ4v) is 7.23. The van der Waals surface area contributed by atoms with Crippen LogP contribution in [0.15, 0.2) is 97.1 Å². The van der Waals surface area contributed by atoms with Crippen molar-refractivity contribution >= 4 is 0 Å². The number of benzene rings is 4. The molecule has 0 saturated carbocycles. The average molecular weight is 665 g/mol.